The van der Waals surface area contributed by atoms with Crippen LogP contribution in [0.1, 0.15) is 21.5 Å². The Morgan fingerprint density at radius 2 is 2.05 bits per heavy atom. The van der Waals surface area contributed by atoms with E-state index in [1.54, 1.807) is 36.5 Å². The molecular weight excluding hydrogens is 290 g/mol. The lowest BCUT2D eigenvalue weighted by Crippen LogP contribution is -2.40. The molecule has 6 nitrogen and oxygen atoms in total. The number of aliphatic carboxylic acids is 1. The lowest BCUT2D eigenvalue weighted by molar-refractivity contribution is -0.139. The van der Waals surface area contributed by atoms with E-state index in [4.69, 9.17) is 0 Å². The van der Waals surface area contributed by atoms with E-state index < -0.39 is 18.0 Å². The third-order valence-electron chi connectivity index (χ3n) is 2.75. The van der Waals surface area contributed by atoms with E-state index in [0.717, 1.165) is 9.88 Å². The third-order valence-corrected chi connectivity index (χ3v) is 3.66. The van der Waals surface area contributed by atoms with E-state index in [-0.39, 0.29) is 0 Å². The van der Waals surface area contributed by atoms with Gasteiger partial charge in [-0.1, -0.05) is 30.3 Å². The molecule has 2 aromatic rings. The Balaban J connectivity index is 1.94. The molecular formula is C14H15N3O3S. The molecule has 3 N–H and O–H groups in total. The molecule has 2 amide bonds. The van der Waals surface area contributed by atoms with Gasteiger partial charge in [0.25, 0.3) is 0 Å². The Hall–Kier alpha value is -2.41. The molecule has 0 aliphatic carbocycles. The first-order valence-corrected chi connectivity index (χ1v) is 7.11. The van der Waals surface area contributed by atoms with E-state index in [2.05, 4.69) is 15.6 Å². The van der Waals surface area contributed by atoms with Crippen molar-refractivity contribution in [2.75, 3.05) is 0 Å². The Bertz CT molecular complexity index is 627. The van der Waals surface area contributed by atoms with Crippen LogP contribution in [0.15, 0.2) is 36.5 Å². The summed E-state index contributed by atoms with van der Waals surface area (Å²) in [7, 11) is 0. The fourth-order valence-corrected chi connectivity index (χ4v) is 2.50. The molecule has 0 aliphatic heterocycles. The second kappa shape index (κ2) is 6.85. The maximum Gasteiger partial charge on any atom is 0.330 e. The van der Waals surface area contributed by atoms with Crippen molar-refractivity contribution in [3.8, 4) is 0 Å². The molecule has 0 saturated heterocycles. The van der Waals surface area contributed by atoms with Crippen molar-refractivity contribution in [2.45, 2.75) is 19.5 Å². The topological polar surface area (TPSA) is 91.3 Å². The van der Waals surface area contributed by atoms with Crippen LogP contribution in [-0.2, 0) is 11.3 Å². The monoisotopic (exact) mass is 305 g/mol. The highest BCUT2D eigenvalue weighted by Gasteiger charge is 2.21. The highest BCUT2D eigenvalue weighted by molar-refractivity contribution is 7.11. The van der Waals surface area contributed by atoms with E-state index in [9.17, 15) is 14.7 Å². The Morgan fingerprint density at radius 3 is 2.62 bits per heavy atom. The van der Waals surface area contributed by atoms with Gasteiger partial charge in [0, 0.05) is 11.1 Å². The summed E-state index contributed by atoms with van der Waals surface area (Å²) in [6.45, 7) is 2.20. The smallest absolute Gasteiger partial charge is 0.330 e. The number of carbonyl (C=O) groups excluding carboxylic acids is 1. The third kappa shape index (κ3) is 4.28. The van der Waals surface area contributed by atoms with Crippen LogP contribution < -0.4 is 10.6 Å². The molecule has 0 saturated carbocycles. The molecule has 1 atom stereocenters. The fraction of sp³-hybridized carbons (Fsp3) is 0.214. The number of thiazole rings is 1. The average Bonchev–Trinajstić information content (AvgIpc) is 2.89. The quantitative estimate of drug-likeness (QED) is 0.788. The van der Waals surface area contributed by atoms with Crippen molar-refractivity contribution in [1.29, 1.82) is 0 Å². The van der Waals surface area contributed by atoms with Gasteiger partial charge >= 0.3 is 12.0 Å². The van der Waals surface area contributed by atoms with Gasteiger partial charge in [-0.05, 0) is 12.5 Å². The lowest BCUT2D eigenvalue weighted by atomic mass is 10.1. The van der Waals surface area contributed by atoms with Crippen LogP contribution in [0, 0.1) is 6.92 Å². The van der Waals surface area contributed by atoms with Crippen LogP contribution >= 0.6 is 11.3 Å². The number of hydrogen-bond donors (Lipinski definition) is 3. The van der Waals surface area contributed by atoms with Gasteiger partial charge in [0.2, 0.25) is 0 Å². The number of carboxylic acids is 1. The molecule has 110 valence electrons. The molecule has 1 aromatic carbocycles. The number of carboxylic acid groups (broad SMARTS) is 1. The van der Waals surface area contributed by atoms with Crippen molar-refractivity contribution in [1.82, 2.24) is 15.6 Å². The van der Waals surface area contributed by atoms with Crippen molar-refractivity contribution < 1.29 is 14.7 Å². The van der Waals surface area contributed by atoms with Gasteiger partial charge in [0.05, 0.1) is 11.6 Å². The number of aryl methyl sites for hydroxylation is 1. The molecule has 7 heteroatoms. The molecule has 21 heavy (non-hydrogen) atoms. The number of amides is 2. The first-order valence-electron chi connectivity index (χ1n) is 6.29. The fourth-order valence-electron chi connectivity index (χ4n) is 1.77. The Labute approximate surface area is 125 Å². The van der Waals surface area contributed by atoms with E-state index in [0.29, 0.717) is 12.1 Å². The zero-order chi connectivity index (χ0) is 15.2. The van der Waals surface area contributed by atoms with Crippen molar-refractivity contribution >= 4 is 23.3 Å². The van der Waals surface area contributed by atoms with Crippen LogP contribution in [-0.4, -0.2) is 22.1 Å². The van der Waals surface area contributed by atoms with E-state index in [1.807, 2.05) is 6.92 Å². The second-order valence-corrected chi connectivity index (χ2v) is 5.67. The minimum Gasteiger partial charge on any atom is -0.479 e. The standard InChI is InChI=1S/C14H15N3O3S/c1-9-15-7-11(21-9)8-16-14(20)17-12(13(18)19)10-5-3-2-4-6-10/h2-7,12H,8H2,1H3,(H,18,19)(H2,16,17,20)/t12-/m0/s1. The molecule has 1 aromatic heterocycles. The summed E-state index contributed by atoms with van der Waals surface area (Å²) in [6.07, 6.45) is 1.69. The highest BCUT2D eigenvalue weighted by atomic mass is 32.1. The zero-order valence-electron chi connectivity index (χ0n) is 11.4. The number of aromatic nitrogens is 1. The molecule has 0 aliphatic rings. The summed E-state index contributed by atoms with van der Waals surface area (Å²) in [5, 5.41) is 15.2. The van der Waals surface area contributed by atoms with Gasteiger partial charge < -0.3 is 15.7 Å². The summed E-state index contributed by atoms with van der Waals surface area (Å²) in [4.78, 5) is 28.1. The summed E-state index contributed by atoms with van der Waals surface area (Å²) < 4.78 is 0. The molecule has 0 radical (unpaired) electrons. The Morgan fingerprint density at radius 1 is 1.33 bits per heavy atom. The summed E-state index contributed by atoms with van der Waals surface area (Å²) in [6, 6.07) is 6.95. The van der Waals surface area contributed by atoms with Gasteiger partial charge in [-0.25, -0.2) is 14.6 Å². The average molecular weight is 305 g/mol. The largest absolute Gasteiger partial charge is 0.479 e. The maximum absolute atomic E-state index is 11.8. The molecule has 0 fully saturated rings. The summed E-state index contributed by atoms with van der Waals surface area (Å²) in [5.74, 6) is -1.11. The SMILES string of the molecule is Cc1ncc(CNC(=O)N[C@H](C(=O)O)c2ccccc2)s1. The normalized spacial score (nSPS) is 11.7. The number of urea groups is 1. The lowest BCUT2D eigenvalue weighted by Gasteiger charge is -2.15. The number of rotatable bonds is 5. The van der Waals surface area contributed by atoms with Crippen LogP contribution in [0.4, 0.5) is 4.79 Å². The van der Waals surface area contributed by atoms with Crippen molar-refractivity contribution in [2.24, 2.45) is 0 Å². The minimum atomic E-state index is -1.11. The van der Waals surface area contributed by atoms with Crippen LogP contribution in [0.3, 0.4) is 0 Å². The van der Waals surface area contributed by atoms with Gasteiger partial charge in [0.15, 0.2) is 6.04 Å². The van der Waals surface area contributed by atoms with Gasteiger partial charge in [-0.15, -0.1) is 11.3 Å². The first kappa shape index (κ1) is 15.0. The summed E-state index contributed by atoms with van der Waals surface area (Å²) >= 11 is 1.48. The Kier molecular flexibility index (Phi) is 4.89. The van der Waals surface area contributed by atoms with Crippen LogP contribution in [0.2, 0.25) is 0 Å². The van der Waals surface area contributed by atoms with E-state index in [1.165, 1.54) is 11.3 Å². The first-order chi connectivity index (χ1) is 10.1. The molecule has 2 rings (SSSR count). The number of benzene rings is 1. The predicted molar refractivity (Wildman–Crippen MR) is 79.0 cm³/mol. The van der Waals surface area contributed by atoms with Crippen LogP contribution in [0.5, 0.6) is 0 Å². The van der Waals surface area contributed by atoms with Crippen molar-refractivity contribution in [3.05, 3.63) is 52.0 Å². The number of nitrogens with zero attached hydrogens (tertiary/aromatic N) is 1. The number of nitrogens with one attached hydrogen (secondary N) is 2. The van der Waals surface area contributed by atoms with Crippen LogP contribution in [0.25, 0.3) is 0 Å². The molecule has 1 heterocycles. The molecule has 0 spiro atoms. The van der Waals surface area contributed by atoms with Gasteiger partial charge in [-0.2, -0.15) is 0 Å². The highest BCUT2D eigenvalue weighted by Crippen LogP contribution is 2.13. The number of hydrogen-bond acceptors (Lipinski definition) is 4. The summed E-state index contributed by atoms with van der Waals surface area (Å²) in [5.41, 5.74) is 0.522. The maximum atomic E-state index is 11.8. The van der Waals surface area contributed by atoms with Gasteiger partial charge in [0.1, 0.15) is 0 Å². The zero-order valence-corrected chi connectivity index (χ0v) is 12.2. The number of carbonyl (C=O) groups is 2. The van der Waals surface area contributed by atoms with E-state index >= 15 is 0 Å². The minimum absolute atomic E-state index is 0.318. The predicted octanol–water partition coefficient (Wildman–Crippen LogP) is 2.08. The van der Waals surface area contributed by atoms with Crippen molar-refractivity contribution in [3.63, 3.8) is 0 Å². The second-order valence-electron chi connectivity index (χ2n) is 4.35. The molecule has 0 unspecified atom stereocenters. The molecule has 0 bridgehead atoms. The van der Waals surface area contributed by atoms with Gasteiger partial charge in [-0.3, -0.25) is 0 Å².